The van der Waals surface area contributed by atoms with Gasteiger partial charge in [-0.1, -0.05) is 102 Å². The maximum absolute atomic E-state index is 7.59. The predicted molar refractivity (Wildman–Crippen MR) is 432 cm³/mol. The zero-order valence-electron chi connectivity index (χ0n) is 78.0. The molecule has 6 nitrogen and oxygen atoms in total. The van der Waals surface area contributed by atoms with Crippen LogP contribution in [0.15, 0.2) is 183 Å². The zero-order chi connectivity index (χ0) is 85.5. The Morgan fingerprint density at radius 3 is 0.951 bits per heavy atom. The third-order valence-corrected chi connectivity index (χ3v) is 19.9. The highest BCUT2D eigenvalue weighted by Gasteiger charge is 2.22. The number of hydrogen-bond acceptors (Lipinski definition) is 0. The van der Waals surface area contributed by atoms with Crippen LogP contribution in [0.4, 0.5) is 0 Å². The predicted octanol–water partition coefficient (Wildman–Crippen LogP) is 20.5. The minimum absolute atomic E-state index is 0.303. The van der Waals surface area contributed by atoms with Gasteiger partial charge >= 0.3 is 0 Å². The van der Waals surface area contributed by atoms with Gasteiger partial charge in [0.25, 0.3) is 0 Å². The van der Waals surface area contributed by atoms with Crippen LogP contribution in [0.5, 0.6) is 0 Å². The molecule has 0 aliphatic carbocycles. The van der Waals surface area contributed by atoms with Crippen molar-refractivity contribution in [2.24, 2.45) is 42.3 Å². The molecule has 6 aromatic heterocycles. The molecule has 6 heteroatoms. The van der Waals surface area contributed by atoms with E-state index in [1.165, 1.54) is 128 Å². The van der Waals surface area contributed by atoms with Crippen LogP contribution in [-0.2, 0) is 42.3 Å². The molecule has 0 spiro atoms. The first-order valence-electron chi connectivity index (χ1n) is 41.2. The van der Waals surface area contributed by atoms with E-state index in [0.29, 0.717) is 27.8 Å². The smallest absolute Gasteiger partial charge is 0.201 e. The van der Waals surface area contributed by atoms with Crippen molar-refractivity contribution in [1.82, 2.24) is 0 Å². The largest absolute Gasteiger partial charge is 0.215 e. The second kappa shape index (κ2) is 34.7. The molecular formula is C96H120N6+6. The van der Waals surface area contributed by atoms with Crippen molar-refractivity contribution in [1.29, 1.82) is 0 Å². The Morgan fingerprint density at radius 2 is 0.559 bits per heavy atom. The Kier molecular flexibility index (Phi) is 21.5. The zero-order valence-corrected chi connectivity index (χ0v) is 66.0. The van der Waals surface area contributed by atoms with Gasteiger partial charge in [-0.3, -0.25) is 0 Å². The van der Waals surface area contributed by atoms with Gasteiger partial charge in [0, 0.05) is 115 Å². The highest BCUT2D eigenvalue weighted by Crippen LogP contribution is 2.31. The van der Waals surface area contributed by atoms with Crippen molar-refractivity contribution in [2.75, 3.05) is 0 Å². The number of benzene rings is 6. The van der Waals surface area contributed by atoms with E-state index in [1.54, 1.807) is 55.3 Å². The van der Waals surface area contributed by atoms with E-state index < -0.39 is 27.4 Å². The topological polar surface area (TPSA) is 23.3 Å². The summed E-state index contributed by atoms with van der Waals surface area (Å²) in [5.41, 5.74) is 39.5. The minimum Gasteiger partial charge on any atom is -0.201 e. The van der Waals surface area contributed by atoms with Gasteiger partial charge in [0.1, 0.15) is 42.3 Å². The summed E-state index contributed by atoms with van der Waals surface area (Å²) in [5, 5.41) is 0. The molecule has 0 atom stereocenters. The molecule has 12 rings (SSSR count). The number of nitrogens with zero attached hydrogens (tertiary/aromatic N) is 6. The average molecular weight is 1370 g/mol. The van der Waals surface area contributed by atoms with E-state index in [4.69, 9.17) is 16.4 Å². The third-order valence-electron chi connectivity index (χ3n) is 19.9. The number of aryl methyl sites for hydroxylation is 28. The van der Waals surface area contributed by atoms with Crippen molar-refractivity contribution in [3.63, 3.8) is 0 Å². The van der Waals surface area contributed by atoms with Gasteiger partial charge in [-0.2, -0.15) is 4.57 Å². The van der Waals surface area contributed by atoms with E-state index in [1.807, 2.05) is 68.3 Å². The summed E-state index contributed by atoms with van der Waals surface area (Å²) >= 11 is 0. The summed E-state index contributed by atoms with van der Waals surface area (Å²) in [6.45, 7) is 33.2. The maximum atomic E-state index is 7.59. The van der Waals surface area contributed by atoms with E-state index in [2.05, 4.69) is 267 Å². The third kappa shape index (κ3) is 19.4. The standard InChI is InChI=1S/6C16H20N/c1-11-6-7-15(13(3)8-11)16-9-12(2)14(4)10-17(16)5;2*1-11-6-7-12(2)15(8-11)16-9-13(3)14(4)10-17(16)5;2*1-11-7-6-8-12(2)16(11)15-9-13(3)14(4)10-17(15)5;1-11-7-6-8-15(14(11)4)16-12(2)9-10-13(3)17(16)5/h6*6-10H,1-5H3/q6*+1/i1D3,4D3;4D3;;4D3;;. The molecule has 0 unspecified atom stereocenters. The lowest BCUT2D eigenvalue weighted by Gasteiger charge is -2.10. The first kappa shape index (κ1) is 63.2. The summed E-state index contributed by atoms with van der Waals surface area (Å²) in [6, 6.07) is 51.9. The van der Waals surface area contributed by atoms with E-state index in [9.17, 15) is 0 Å². The Morgan fingerprint density at radius 1 is 0.225 bits per heavy atom. The molecule has 0 amide bonds. The molecular weight excluding hydrogens is 1240 g/mol. The van der Waals surface area contributed by atoms with Crippen molar-refractivity contribution in [3.8, 4) is 67.5 Å². The molecule has 6 aromatic carbocycles. The highest BCUT2D eigenvalue weighted by atomic mass is 15.0. The molecule has 102 heavy (non-hydrogen) atoms. The van der Waals surface area contributed by atoms with Crippen molar-refractivity contribution >= 4 is 0 Å². The van der Waals surface area contributed by atoms with Gasteiger partial charge in [0.15, 0.2) is 36.7 Å². The molecule has 12 aromatic rings. The van der Waals surface area contributed by atoms with Gasteiger partial charge in [0.2, 0.25) is 34.2 Å². The van der Waals surface area contributed by atoms with Crippen molar-refractivity contribution in [2.45, 2.75) is 166 Å². The molecule has 0 aliphatic rings. The maximum Gasteiger partial charge on any atom is 0.215 e. The number of rotatable bonds is 6. The fourth-order valence-corrected chi connectivity index (χ4v) is 13.0. The molecule has 0 fully saturated rings. The van der Waals surface area contributed by atoms with Crippen LogP contribution in [0.1, 0.15) is 150 Å². The van der Waals surface area contributed by atoms with Crippen LogP contribution < -0.4 is 27.4 Å². The van der Waals surface area contributed by atoms with E-state index in [-0.39, 0.29) is 0 Å². The first-order valence-corrected chi connectivity index (χ1v) is 35.2. The number of hydrogen-bond donors (Lipinski definition) is 0. The summed E-state index contributed by atoms with van der Waals surface area (Å²) in [5.74, 6) is 0. The van der Waals surface area contributed by atoms with Crippen molar-refractivity contribution < 1.29 is 43.9 Å². The number of aromatic nitrogens is 6. The van der Waals surface area contributed by atoms with Crippen LogP contribution in [0.3, 0.4) is 0 Å². The molecule has 0 bridgehead atoms. The average Bonchev–Trinajstić information content (AvgIpc) is 0.794. The van der Waals surface area contributed by atoms with Crippen LogP contribution >= 0.6 is 0 Å². The second-order valence-electron chi connectivity index (χ2n) is 28.4. The minimum atomic E-state index is -2.15. The van der Waals surface area contributed by atoms with E-state index in [0.717, 1.165) is 44.9 Å². The fraction of sp³-hybridized carbons (Fsp3) is 0.312. The summed E-state index contributed by atoms with van der Waals surface area (Å²) < 4.78 is 103. The van der Waals surface area contributed by atoms with E-state index >= 15 is 0 Å². The summed E-state index contributed by atoms with van der Waals surface area (Å²) in [4.78, 5) is 0. The summed E-state index contributed by atoms with van der Waals surface area (Å²) in [7, 11) is 12.0. The molecule has 0 aliphatic heterocycles. The first-order chi connectivity index (χ1) is 52.8. The lowest BCUT2D eigenvalue weighted by atomic mass is 9.97. The molecule has 0 radical (unpaired) electrons. The number of pyridine rings is 6. The van der Waals surface area contributed by atoms with Gasteiger partial charge in [-0.05, 0) is 267 Å². The van der Waals surface area contributed by atoms with Crippen LogP contribution in [-0.4, -0.2) is 0 Å². The quantitative estimate of drug-likeness (QED) is 0.148. The van der Waals surface area contributed by atoms with Gasteiger partial charge in [-0.15, -0.1) is 0 Å². The van der Waals surface area contributed by atoms with Gasteiger partial charge in [-0.25, -0.2) is 22.8 Å². The SMILES string of the molecule is Cc1cc(-c2c(C)cccc2C)[n+](C)cc1C.Cc1ccc(C)c(-c2cc(C)c(C)c[n+]2C)c1.Cc1cccc(-c2c(C)ccc(C)[n+]2C)c1C.[2H]C([2H])([2H])c1c[n+](C)c(-c2c(C)cccc2C)cc1C.[2H]C([2H])([2H])c1c[n+](C)c(-c2cc(C)ccc2C)cc1C.[2H]C([2H])([2H])c1ccc(-c2cc(C)c(C([2H])([2H])[2H])c[n+]2C)c(C)c1. The molecule has 0 N–H and O–H groups in total. The Hall–Kier alpha value is -9.78. The van der Waals surface area contributed by atoms with Crippen LogP contribution in [0.2, 0.25) is 0 Å². The van der Waals surface area contributed by atoms with Gasteiger partial charge in [0.05, 0.1) is 11.1 Å². The monoisotopic (exact) mass is 1370 g/mol. The fourth-order valence-electron chi connectivity index (χ4n) is 13.0. The van der Waals surface area contributed by atoms with Gasteiger partial charge < -0.3 is 0 Å². The Bertz CT molecular complexity index is 5480. The lowest BCUT2D eigenvalue weighted by molar-refractivity contribution is -0.667. The molecule has 528 valence electrons. The molecule has 6 heterocycles. The Balaban J connectivity index is 0.000000190. The normalized spacial score (nSPS) is 12.9. The lowest BCUT2D eigenvalue weighted by Crippen LogP contribution is -2.35. The second-order valence-corrected chi connectivity index (χ2v) is 28.4. The summed E-state index contributed by atoms with van der Waals surface area (Å²) in [6.07, 6.45) is 9.47. The van der Waals surface area contributed by atoms with Crippen LogP contribution in [0, 0.1) is 166 Å². The van der Waals surface area contributed by atoms with Crippen molar-refractivity contribution in [3.05, 3.63) is 316 Å². The molecule has 0 saturated carbocycles. The Labute approximate surface area is 632 Å². The molecule has 0 saturated heterocycles. The highest BCUT2D eigenvalue weighted by molar-refractivity contribution is 5.69. The van der Waals surface area contributed by atoms with Crippen LogP contribution in [0.25, 0.3) is 67.5 Å².